The number of benzene rings is 1. The van der Waals surface area contributed by atoms with E-state index in [0.717, 1.165) is 30.1 Å². The smallest absolute Gasteiger partial charge is 0.156 e. The topological polar surface area (TPSA) is 41.6 Å². The Labute approximate surface area is 111 Å². The molecule has 0 atom stereocenters. The minimum absolute atomic E-state index is 0.0514. The van der Waals surface area contributed by atoms with Gasteiger partial charge in [0, 0.05) is 5.41 Å². The van der Waals surface area contributed by atoms with Gasteiger partial charge in [0.1, 0.15) is 11.6 Å². The van der Waals surface area contributed by atoms with Crippen LogP contribution in [0, 0.1) is 5.82 Å². The highest BCUT2D eigenvalue weighted by Crippen LogP contribution is 2.53. The molecule has 0 bridgehead atoms. The summed E-state index contributed by atoms with van der Waals surface area (Å²) in [5, 5.41) is 7.50. The van der Waals surface area contributed by atoms with Gasteiger partial charge in [0.15, 0.2) is 5.82 Å². The predicted octanol–water partition coefficient (Wildman–Crippen LogP) is 3.08. The van der Waals surface area contributed by atoms with Gasteiger partial charge in [-0.3, -0.25) is 5.10 Å². The molecule has 2 aromatic rings. The molecule has 0 aliphatic heterocycles. The van der Waals surface area contributed by atoms with Gasteiger partial charge in [0.05, 0.1) is 5.41 Å². The van der Waals surface area contributed by atoms with Crippen LogP contribution in [0.3, 0.4) is 0 Å². The summed E-state index contributed by atoms with van der Waals surface area (Å²) in [6.07, 6.45) is 4.47. The van der Waals surface area contributed by atoms with Crippen molar-refractivity contribution in [3.05, 3.63) is 47.3 Å². The zero-order valence-electron chi connectivity index (χ0n) is 10.9. The number of nitrogens with one attached hydrogen (secondary N) is 1. The molecule has 2 aliphatic rings. The van der Waals surface area contributed by atoms with Crippen LogP contribution >= 0.6 is 0 Å². The fraction of sp³-hybridized carbons (Fsp3) is 0.467. The second-order valence-electron chi connectivity index (χ2n) is 6.16. The van der Waals surface area contributed by atoms with E-state index < -0.39 is 0 Å². The Morgan fingerprint density at radius 3 is 2.37 bits per heavy atom. The Bertz CT molecular complexity index is 621. The van der Waals surface area contributed by atoms with Crippen LogP contribution in [0.15, 0.2) is 24.3 Å². The maximum absolute atomic E-state index is 13.0. The molecule has 0 amide bonds. The third kappa shape index (κ3) is 1.62. The monoisotopic (exact) mass is 257 g/mol. The zero-order chi connectivity index (χ0) is 13.1. The second-order valence-corrected chi connectivity index (χ2v) is 6.16. The average Bonchev–Trinajstić information content (AvgIpc) is 3.32. The molecule has 19 heavy (non-hydrogen) atoms. The quantitative estimate of drug-likeness (QED) is 0.918. The van der Waals surface area contributed by atoms with Gasteiger partial charge in [-0.15, -0.1) is 0 Å². The highest BCUT2D eigenvalue weighted by Gasteiger charge is 2.50. The third-order valence-corrected chi connectivity index (χ3v) is 4.63. The molecule has 1 N–H and O–H groups in total. The van der Waals surface area contributed by atoms with Gasteiger partial charge in [-0.1, -0.05) is 19.1 Å². The summed E-state index contributed by atoms with van der Waals surface area (Å²) in [5.74, 6) is 1.70. The lowest BCUT2D eigenvalue weighted by Crippen LogP contribution is -2.11. The number of rotatable bonds is 3. The SMILES string of the molecule is CC1(c2n[nH]c(C3(c4ccc(F)cc4)CC3)n2)CC1. The number of aromatic nitrogens is 3. The van der Waals surface area contributed by atoms with Crippen molar-refractivity contribution in [3.63, 3.8) is 0 Å². The van der Waals surface area contributed by atoms with Crippen molar-refractivity contribution in [3.8, 4) is 0 Å². The van der Waals surface area contributed by atoms with Crippen LogP contribution in [0.4, 0.5) is 4.39 Å². The molecule has 98 valence electrons. The van der Waals surface area contributed by atoms with E-state index in [9.17, 15) is 4.39 Å². The van der Waals surface area contributed by atoms with Gasteiger partial charge in [-0.25, -0.2) is 9.37 Å². The van der Waals surface area contributed by atoms with E-state index in [4.69, 9.17) is 4.98 Å². The standard InChI is InChI=1S/C15H16FN3/c1-14(6-7-14)12-17-13(19-18-12)15(8-9-15)10-2-4-11(16)5-3-10/h2-5H,6-9H2,1H3,(H,17,18,19). The third-order valence-electron chi connectivity index (χ3n) is 4.63. The molecule has 2 aliphatic carbocycles. The molecule has 1 heterocycles. The van der Waals surface area contributed by atoms with Crippen LogP contribution in [0.5, 0.6) is 0 Å². The Morgan fingerprint density at radius 1 is 1.11 bits per heavy atom. The first-order chi connectivity index (χ1) is 9.12. The normalized spacial score (nSPS) is 22.2. The molecular formula is C15H16FN3. The summed E-state index contributed by atoms with van der Waals surface area (Å²) in [7, 11) is 0. The molecule has 4 rings (SSSR count). The molecular weight excluding hydrogens is 241 g/mol. The van der Waals surface area contributed by atoms with Gasteiger partial charge in [0.2, 0.25) is 0 Å². The second kappa shape index (κ2) is 3.44. The van der Waals surface area contributed by atoms with E-state index in [-0.39, 0.29) is 16.6 Å². The first kappa shape index (κ1) is 11.1. The van der Waals surface area contributed by atoms with Gasteiger partial charge in [0.25, 0.3) is 0 Å². The Hall–Kier alpha value is -1.71. The molecule has 2 fully saturated rings. The number of aromatic amines is 1. The van der Waals surface area contributed by atoms with Gasteiger partial charge in [-0.05, 0) is 43.4 Å². The summed E-state index contributed by atoms with van der Waals surface area (Å²) >= 11 is 0. The van der Waals surface area contributed by atoms with Crippen LogP contribution in [0.2, 0.25) is 0 Å². The number of nitrogens with zero attached hydrogens (tertiary/aromatic N) is 2. The Balaban J connectivity index is 1.71. The minimum Gasteiger partial charge on any atom is -0.262 e. The van der Waals surface area contributed by atoms with E-state index in [0.29, 0.717) is 0 Å². The highest BCUT2D eigenvalue weighted by molar-refractivity contribution is 5.39. The molecule has 0 saturated heterocycles. The van der Waals surface area contributed by atoms with Crippen molar-refractivity contribution in [1.82, 2.24) is 15.2 Å². The molecule has 0 spiro atoms. The number of hydrogen-bond acceptors (Lipinski definition) is 2. The number of hydrogen-bond donors (Lipinski definition) is 1. The minimum atomic E-state index is -0.191. The molecule has 0 unspecified atom stereocenters. The van der Waals surface area contributed by atoms with Gasteiger partial charge in [-0.2, -0.15) is 5.10 Å². The van der Waals surface area contributed by atoms with Crippen LogP contribution in [-0.4, -0.2) is 15.2 Å². The van der Waals surface area contributed by atoms with Crippen LogP contribution in [0.25, 0.3) is 0 Å². The zero-order valence-corrected chi connectivity index (χ0v) is 10.9. The fourth-order valence-electron chi connectivity index (χ4n) is 2.71. The molecule has 1 aromatic carbocycles. The van der Waals surface area contributed by atoms with Crippen molar-refractivity contribution in [2.75, 3.05) is 0 Å². The maximum atomic E-state index is 13.0. The maximum Gasteiger partial charge on any atom is 0.156 e. The van der Waals surface area contributed by atoms with E-state index in [1.807, 2.05) is 12.1 Å². The molecule has 3 nitrogen and oxygen atoms in total. The van der Waals surface area contributed by atoms with Gasteiger partial charge >= 0.3 is 0 Å². The molecule has 1 aromatic heterocycles. The Kier molecular flexibility index (Phi) is 2.02. The van der Waals surface area contributed by atoms with Crippen molar-refractivity contribution >= 4 is 0 Å². The van der Waals surface area contributed by atoms with Crippen molar-refractivity contribution < 1.29 is 4.39 Å². The summed E-state index contributed by atoms with van der Waals surface area (Å²) < 4.78 is 13.0. The molecule has 4 heteroatoms. The van der Waals surface area contributed by atoms with Crippen LogP contribution < -0.4 is 0 Å². The first-order valence-electron chi connectivity index (χ1n) is 6.82. The summed E-state index contributed by atoms with van der Waals surface area (Å²) in [5.41, 5.74) is 1.27. The molecule has 2 saturated carbocycles. The van der Waals surface area contributed by atoms with E-state index in [1.165, 1.54) is 25.0 Å². The van der Waals surface area contributed by atoms with Crippen molar-refractivity contribution in [1.29, 1.82) is 0 Å². The first-order valence-corrected chi connectivity index (χ1v) is 6.82. The predicted molar refractivity (Wildman–Crippen MR) is 69.4 cm³/mol. The van der Waals surface area contributed by atoms with E-state index in [2.05, 4.69) is 17.1 Å². The largest absolute Gasteiger partial charge is 0.262 e. The summed E-state index contributed by atoms with van der Waals surface area (Å²) in [4.78, 5) is 4.72. The number of H-pyrrole nitrogens is 1. The lowest BCUT2D eigenvalue weighted by molar-refractivity contribution is 0.625. The molecule has 0 radical (unpaired) electrons. The van der Waals surface area contributed by atoms with Crippen molar-refractivity contribution in [2.45, 2.75) is 43.4 Å². The van der Waals surface area contributed by atoms with Gasteiger partial charge < -0.3 is 0 Å². The van der Waals surface area contributed by atoms with Crippen LogP contribution in [-0.2, 0) is 10.8 Å². The van der Waals surface area contributed by atoms with Crippen molar-refractivity contribution in [2.24, 2.45) is 0 Å². The fourth-order valence-corrected chi connectivity index (χ4v) is 2.71. The average molecular weight is 257 g/mol. The summed E-state index contributed by atoms with van der Waals surface area (Å²) in [6, 6.07) is 6.77. The number of halogens is 1. The highest BCUT2D eigenvalue weighted by atomic mass is 19.1. The van der Waals surface area contributed by atoms with E-state index >= 15 is 0 Å². The van der Waals surface area contributed by atoms with Crippen LogP contribution in [0.1, 0.15) is 49.8 Å². The lowest BCUT2D eigenvalue weighted by Gasteiger charge is -2.12. The van der Waals surface area contributed by atoms with E-state index in [1.54, 1.807) is 0 Å². The lowest BCUT2D eigenvalue weighted by atomic mass is 9.95. The Morgan fingerprint density at radius 2 is 1.79 bits per heavy atom. The summed E-state index contributed by atoms with van der Waals surface area (Å²) in [6.45, 7) is 2.21.